The Morgan fingerprint density at radius 3 is 2.81 bits per heavy atom. The van der Waals surface area contributed by atoms with Gasteiger partial charge in [0.25, 0.3) is 0 Å². The Hall–Kier alpha value is -1.69. The third-order valence-electron chi connectivity index (χ3n) is 1.78. The monoisotopic (exact) mass is 225 g/mol. The van der Waals surface area contributed by atoms with Crippen molar-refractivity contribution in [3.8, 4) is 0 Å². The van der Waals surface area contributed by atoms with Gasteiger partial charge >= 0.3 is 5.97 Å². The number of esters is 1. The van der Waals surface area contributed by atoms with Crippen molar-refractivity contribution in [1.82, 2.24) is 9.97 Å². The van der Waals surface area contributed by atoms with Crippen molar-refractivity contribution in [3.63, 3.8) is 0 Å². The van der Waals surface area contributed by atoms with Crippen LogP contribution in [-0.2, 0) is 9.47 Å². The van der Waals surface area contributed by atoms with Gasteiger partial charge in [-0.25, -0.2) is 14.8 Å². The highest BCUT2D eigenvalue weighted by Crippen LogP contribution is 2.06. The molecule has 0 aliphatic rings. The second kappa shape index (κ2) is 6.02. The Morgan fingerprint density at radius 2 is 2.19 bits per heavy atom. The second-order valence-electron chi connectivity index (χ2n) is 3.17. The molecule has 0 saturated carbocycles. The van der Waals surface area contributed by atoms with E-state index in [0.717, 1.165) is 0 Å². The lowest BCUT2D eigenvalue weighted by Gasteiger charge is -2.12. The first-order chi connectivity index (χ1) is 7.65. The van der Waals surface area contributed by atoms with E-state index in [9.17, 15) is 4.79 Å². The maximum absolute atomic E-state index is 11.6. The molecule has 6 heteroatoms. The molecule has 0 amide bonds. The molecule has 0 radical (unpaired) electrons. The lowest BCUT2D eigenvalue weighted by Crippen LogP contribution is -2.22. The van der Waals surface area contributed by atoms with E-state index in [0.29, 0.717) is 13.2 Å². The topological polar surface area (TPSA) is 87.3 Å². The highest BCUT2D eigenvalue weighted by atomic mass is 16.6. The summed E-state index contributed by atoms with van der Waals surface area (Å²) < 4.78 is 10.2. The van der Waals surface area contributed by atoms with E-state index < -0.39 is 5.97 Å². The SMILES string of the molecule is CCOCC(C)OC(=O)c1nccnc1N. The maximum atomic E-state index is 11.6. The number of anilines is 1. The van der Waals surface area contributed by atoms with Crippen molar-refractivity contribution in [2.75, 3.05) is 18.9 Å². The molecule has 0 bridgehead atoms. The average Bonchev–Trinajstić information content (AvgIpc) is 2.26. The van der Waals surface area contributed by atoms with E-state index >= 15 is 0 Å². The van der Waals surface area contributed by atoms with Crippen LogP contribution in [-0.4, -0.2) is 35.3 Å². The zero-order chi connectivity index (χ0) is 12.0. The van der Waals surface area contributed by atoms with Crippen LogP contribution in [0.5, 0.6) is 0 Å². The van der Waals surface area contributed by atoms with Gasteiger partial charge in [-0.15, -0.1) is 0 Å². The summed E-state index contributed by atoms with van der Waals surface area (Å²) in [6, 6.07) is 0. The van der Waals surface area contributed by atoms with Crippen molar-refractivity contribution in [2.45, 2.75) is 20.0 Å². The van der Waals surface area contributed by atoms with Crippen LogP contribution in [0.2, 0.25) is 0 Å². The number of carbonyl (C=O) groups excluding carboxylic acids is 1. The number of aromatic nitrogens is 2. The molecule has 0 fully saturated rings. The summed E-state index contributed by atoms with van der Waals surface area (Å²) in [6.07, 6.45) is 2.46. The summed E-state index contributed by atoms with van der Waals surface area (Å²) in [5, 5.41) is 0. The predicted molar refractivity (Wildman–Crippen MR) is 57.8 cm³/mol. The average molecular weight is 225 g/mol. The van der Waals surface area contributed by atoms with Gasteiger partial charge < -0.3 is 15.2 Å². The van der Waals surface area contributed by atoms with Gasteiger partial charge in [0.1, 0.15) is 6.10 Å². The summed E-state index contributed by atoms with van der Waals surface area (Å²) in [4.78, 5) is 19.1. The van der Waals surface area contributed by atoms with E-state index in [1.807, 2.05) is 6.92 Å². The summed E-state index contributed by atoms with van der Waals surface area (Å²) in [5.74, 6) is -0.520. The fraction of sp³-hybridized carbons (Fsp3) is 0.500. The minimum atomic E-state index is -0.585. The smallest absolute Gasteiger partial charge is 0.361 e. The standard InChI is InChI=1S/C10H15N3O3/c1-3-15-6-7(2)16-10(14)8-9(11)13-5-4-12-8/h4-5,7H,3,6H2,1-2H3,(H2,11,13). The Labute approximate surface area is 93.8 Å². The van der Waals surface area contributed by atoms with Gasteiger partial charge in [-0.05, 0) is 13.8 Å². The van der Waals surface area contributed by atoms with Gasteiger partial charge in [0, 0.05) is 19.0 Å². The molecule has 88 valence electrons. The third-order valence-corrected chi connectivity index (χ3v) is 1.78. The highest BCUT2D eigenvalue weighted by molar-refractivity contribution is 5.91. The molecular weight excluding hydrogens is 210 g/mol. The molecule has 0 aromatic carbocycles. The molecule has 0 spiro atoms. The molecular formula is C10H15N3O3. The zero-order valence-electron chi connectivity index (χ0n) is 9.34. The van der Waals surface area contributed by atoms with Crippen LogP contribution in [0.1, 0.15) is 24.3 Å². The van der Waals surface area contributed by atoms with Crippen molar-refractivity contribution < 1.29 is 14.3 Å². The van der Waals surface area contributed by atoms with E-state index in [1.165, 1.54) is 12.4 Å². The molecule has 16 heavy (non-hydrogen) atoms. The lowest BCUT2D eigenvalue weighted by molar-refractivity contribution is 0.00394. The van der Waals surface area contributed by atoms with E-state index in [4.69, 9.17) is 15.2 Å². The van der Waals surface area contributed by atoms with Crippen molar-refractivity contribution in [2.24, 2.45) is 0 Å². The quantitative estimate of drug-likeness (QED) is 0.740. The summed E-state index contributed by atoms with van der Waals surface area (Å²) in [7, 11) is 0. The Kier molecular flexibility index (Phi) is 4.65. The first-order valence-electron chi connectivity index (χ1n) is 5.00. The van der Waals surface area contributed by atoms with Crippen LogP contribution in [0.25, 0.3) is 0 Å². The predicted octanol–water partition coefficient (Wildman–Crippen LogP) is 0.641. The van der Waals surface area contributed by atoms with Gasteiger partial charge in [-0.2, -0.15) is 0 Å². The maximum Gasteiger partial charge on any atom is 0.361 e. The molecule has 1 rings (SSSR count). The number of nitrogens with zero attached hydrogens (tertiary/aromatic N) is 2. The van der Waals surface area contributed by atoms with Crippen molar-refractivity contribution >= 4 is 11.8 Å². The lowest BCUT2D eigenvalue weighted by atomic mass is 10.4. The van der Waals surface area contributed by atoms with Crippen LogP contribution in [0.4, 0.5) is 5.82 Å². The molecule has 2 N–H and O–H groups in total. The van der Waals surface area contributed by atoms with Crippen molar-refractivity contribution in [1.29, 1.82) is 0 Å². The summed E-state index contributed by atoms with van der Waals surface area (Å²) in [6.45, 7) is 4.53. The molecule has 1 unspecified atom stereocenters. The Bertz CT molecular complexity index is 357. The number of carbonyl (C=O) groups is 1. The fourth-order valence-electron chi connectivity index (χ4n) is 1.06. The minimum absolute atomic E-state index is 0.0332. The minimum Gasteiger partial charge on any atom is -0.455 e. The normalized spacial score (nSPS) is 12.1. The first kappa shape index (κ1) is 12.4. The Morgan fingerprint density at radius 1 is 1.50 bits per heavy atom. The van der Waals surface area contributed by atoms with Gasteiger partial charge in [-0.1, -0.05) is 0 Å². The molecule has 0 aliphatic carbocycles. The van der Waals surface area contributed by atoms with Crippen LogP contribution in [0.3, 0.4) is 0 Å². The third kappa shape index (κ3) is 3.47. The van der Waals surface area contributed by atoms with Crippen LogP contribution in [0, 0.1) is 0 Å². The summed E-state index contributed by atoms with van der Waals surface area (Å²) in [5.41, 5.74) is 5.52. The zero-order valence-corrected chi connectivity index (χ0v) is 9.34. The number of rotatable bonds is 5. The van der Waals surface area contributed by atoms with Crippen LogP contribution >= 0.6 is 0 Å². The van der Waals surface area contributed by atoms with Gasteiger partial charge in [0.05, 0.1) is 6.61 Å². The second-order valence-corrected chi connectivity index (χ2v) is 3.17. The van der Waals surface area contributed by atoms with Crippen LogP contribution in [0.15, 0.2) is 12.4 Å². The molecule has 0 aliphatic heterocycles. The van der Waals surface area contributed by atoms with E-state index in [1.54, 1.807) is 6.92 Å². The fourth-order valence-corrected chi connectivity index (χ4v) is 1.06. The first-order valence-corrected chi connectivity index (χ1v) is 5.00. The number of nitrogens with two attached hydrogens (primary N) is 1. The van der Waals surface area contributed by atoms with Gasteiger partial charge in [0.2, 0.25) is 0 Å². The van der Waals surface area contributed by atoms with E-state index in [-0.39, 0.29) is 17.6 Å². The number of hydrogen-bond donors (Lipinski definition) is 1. The van der Waals surface area contributed by atoms with E-state index in [2.05, 4.69) is 9.97 Å². The molecule has 6 nitrogen and oxygen atoms in total. The van der Waals surface area contributed by atoms with Crippen molar-refractivity contribution in [3.05, 3.63) is 18.1 Å². The van der Waals surface area contributed by atoms with Gasteiger partial charge in [-0.3, -0.25) is 0 Å². The number of ether oxygens (including phenoxy) is 2. The van der Waals surface area contributed by atoms with Gasteiger partial charge in [0.15, 0.2) is 11.5 Å². The molecule has 1 atom stereocenters. The highest BCUT2D eigenvalue weighted by Gasteiger charge is 2.16. The largest absolute Gasteiger partial charge is 0.455 e. The van der Waals surface area contributed by atoms with Crippen LogP contribution < -0.4 is 5.73 Å². The number of hydrogen-bond acceptors (Lipinski definition) is 6. The molecule has 1 heterocycles. The molecule has 0 saturated heterocycles. The molecule has 1 aromatic heterocycles. The Balaban J connectivity index is 2.56. The molecule has 1 aromatic rings. The number of nitrogen functional groups attached to an aromatic ring is 1. The summed E-state index contributed by atoms with van der Waals surface area (Å²) >= 11 is 0.